The van der Waals surface area contributed by atoms with Crippen molar-refractivity contribution in [1.82, 2.24) is 0 Å². The zero-order valence-electron chi connectivity index (χ0n) is 12.7. The van der Waals surface area contributed by atoms with Gasteiger partial charge in [0.25, 0.3) is 0 Å². The van der Waals surface area contributed by atoms with Crippen molar-refractivity contribution in [3.63, 3.8) is 0 Å². The van der Waals surface area contributed by atoms with E-state index in [1.807, 2.05) is 18.2 Å². The van der Waals surface area contributed by atoms with Crippen molar-refractivity contribution in [3.05, 3.63) is 28.2 Å². The summed E-state index contributed by atoms with van der Waals surface area (Å²) in [6.45, 7) is 2.83. The van der Waals surface area contributed by atoms with Crippen LogP contribution in [0.15, 0.2) is 22.7 Å². The molecule has 2 fully saturated rings. The van der Waals surface area contributed by atoms with E-state index in [0.29, 0.717) is 0 Å². The Labute approximate surface area is 136 Å². The molecule has 1 N–H and O–H groups in total. The van der Waals surface area contributed by atoms with Gasteiger partial charge in [-0.2, -0.15) is 0 Å². The molecule has 0 heterocycles. The van der Waals surface area contributed by atoms with E-state index in [-0.39, 0.29) is 6.10 Å². The van der Waals surface area contributed by atoms with E-state index < -0.39 is 0 Å². The van der Waals surface area contributed by atoms with Crippen LogP contribution in [-0.4, -0.2) is 11.7 Å². The monoisotopic (exact) mass is 352 g/mol. The zero-order valence-corrected chi connectivity index (χ0v) is 14.3. The van der Waals surface area contributed by atoms with Crippen molar-refractivity contribution in [1.29, 1.82) is 0 Å². The topological polar surface area (TPSA) is 29.5 Å². The molecule has 2 saturated carbocycles. The summed E-state index contributed by atoms with van der Waals surface area (Å²) < 4.78 is 6.61. The molecular formula is C18H25BrO2. The van der Waals surface area contributed by atoms with Crippen LogP contribution < -0.4 is 4.74 Å². The summed E-state index contributed by atoms with van der Waals surface area (Å²) in [6.07, 6.45) is 7.13. The third-order valence-corrected chi connectivity index (χ3v) is 5.83. The molecule has 2 bridgehead atoms. The van der Waals surface area contributed by atoms with Crippen LogP contribution in [0.5, 0.6) is 5.75 Å². The third-order valence-electron chi connectivity index (χ3n) is 5.21. The lowest BCUT2D eigenvalue weighted by Gasteiger charge is -2.24. The van der Waals surface area contributed by atoms with Crippen LogP contribution in [0.4, 0.5) is 0 Å². The van der Waals surface area contributed by atoms with Crippen molar-refractivity contribution >= 4 is 15.9 Å². The molecular weight excluding hydrogens is 328 g/mol. The number of fused-ring (bicyclic) bond motifs is 2. The summed E-state index contributed by atoms with van der Waals surface area (Å²) in [6, 6.07) is 6.00. The highest BCUT2D eigenvalue weighted by molar-refractivity contribution is 9.10. The molecule has 1 aromatic rings. The Bertz CT molecular complexity index is 488. The predicted molar refractivity (Wildman–Crippen MR) is 88.4 cm³/mol. The van der Waals surface area contributed by atoms with Crippen molar-refractivity contribution in [3.8, 4) is 5.75 Å². The van der Waals surface area contributed by atoms with E-state index in [1.54, 1.807) is 0 Å². The molecule has 0 radical (unpaired) electrons. The summed E-state index contributed by atoms with van der Waals surface area (Å²) in [7, 11) is 0. The van der Waals surface area contributed by atoms with Gasteiger partial charge < -0.3 is 9.84 Å². The van der Waals surface area contributed by atoms with E-state index in [9.17, 15) is 5.11 Å². The first-order valence-electron chi connectivity index (χ1n) is 8.27. The number of aliphatic hydroxyl groups is 1. The number of hydrogen-bond donors (Lipinski definition) is 1. The van der Waals surface area contributed by atoms with Gasteiger partial charge in [-0.3, -0.25) is 0 Å². The molecule has 0 aromatic heterocycles. The van der Waals surface area contributed by atoms with E-state index in [4.69, 9.17) is 4.74 Å². The van der Waals surface area contributed by atoms with Crippen LogP contribution in [0.25, 0.3) is 0 Å². The molecule has 21 heavy (non-hydrogen) atoms. The van der Waals surface area contributed by atoms with Gasteiger partial charge in [-0.1, -0.05) is 19.4 Å². The number of rotatable bonds is 6. The van der Waals surface area contributed by atoms with Crippen molar-refractivity contribution in [2.45, 2.75) is 51.6 Å². The number of hydrogen-bond acceptors (Lipinski definition) is 2. The van der Waals surface area contributed by atoms with Gasteiger partial charge >= 0.3 is 0 Å². The minimum atomic E-state index is -0.342. The summed E-state index contributed by atoms with van der Waals surface area (Å²) in [5.41, 5.74) is 1.01. The molecule has 2 aliphatic rings. The molecule has 116 valence electrons. The first-order chi connectivity index (χ1) is 10.2. The Hall–Kier alpha value is -0.540. The Balaban J connectivity index is 1.62. The highest BCUT2D eigenvalue weighted by atomic mass is 79.9. The van der Waals surface area contributed by atoms with Gasteiger partial charge in [-0.05, 0) is 83.5 Å². The maximum atomic E-state index is 10.5. The SMILES string of the molecule is CCCOc1ccc(C(O)CC2CC3CCC2C3)cc1Br. The normalized spacial score (nSPS) is 28.8. The molecule has 4 atom stereocenters. The fourth-order valence-electron chi connectivity index (χ4n) is 4.14. The van der Waals surface area contributed by atoms with E-state index >= 15 is 0 Å². The van der Waals surface area contributed by atoms with Gasteiger partial charge in [-0.15, -0.1) is 0 Å². The van der Waals surface area contributed by atoms with Gasteiger partial charge in [0.1, 0.15) is 5.75 Å². The molecule has 4 unspecified atom stereocenters. The Morgan fingerprint density at radius 1 is 1.33 bits per heavy atom. The minimum Gasteiger partial charge on any atom is -0.492 e. The first-order valence-corrected chi connectivity index (χ1v) is 9.07. The average molecular weight is 353 g/mol. The highest BCUT2D eigenvalue weighted by Crippen LogP contribution is 2.51. The fourth-order valence-corrected chi connectivity index (χ4v) is 4.65. The van der Waals surface area contributed by atoms with Gasteiger partial charge in [-0.25, -0.2) is 0 Å². The number of ether oxygens (including phenoxy) is 1. The Morgan fingerprint density at radius 2 is 2.19 bits per heavy atom. The standard InChI is InChI=1S/C18H25BrO2/c1-2-7-21-18-6-5-14(10-16(18)19)17(20)11-15-9-12-3-4-13(15)8-12/h5-6,10,12-13,15,17,20H,2-4,7-9,11H2,1H3. The van der Waals surface area contributed by atoms with E-state index in [1.165, 1.54) is 25.7 Å². The Morgan fingerprint density at radius 3 is 2.81 bits per heavy atom. The molecule has 2 nitrogen and oxygen atoms in total. The molecule has 3 heteroatoms. The lowest BCUT2D eigenvalue weighted by molar-refractivity contribution is 0.125. The van der Waals surface area contributed by atoms with Crippen LogP contribution in [-0.2, 0) is 0 Å². The quantitative estimate of drug-likeness (QED) is 0.771. The molecule has 1 aromatic carbocycles. The van der Waals surface area contributed by atoms with Gasteiger partial charge in [0.15, 0.2) is 0 Å². The predicted octanol–water partition coefficient (Wildman–Crippen LogP) is 5.10. The molecule has 0 spiro atoms. The second-order valence-corrected chi connectivity index (χ2v) is 7.58. The summed E-state index contributed by atoms with van der Waals surface area (Å²) in [4.78, 5) is 0. The third kappa shape index (κ3) is 3.45. The average Bonchev–Trinajstić information content (AvgIpc) is 3.08. The second-order valence-electron chi connectivity index (χ2n) is 6.72. The molecule has 3 rings (SSSR count). The molecule has 0 aliphatic heterocycles. The van der Waals surface area contributed by atoms with Gasteiger partial charge in [0.2, 0.25) is 0 Å². The number of aliphatic hydroxyl groups excluding tert-OH is 1. The summed E-state index contributed by atoms with van der Waals surface area (Å²) in [5, 5.41) is 10.5. The largest absolute Gasteiger partial charge is 0.492 e. The fraction of sp³-hybridized carbons (Fsp3) is 0.667. The molecule has 2 aliphatic carbocycles. The summed E-state index contributed by atoms with van der Waals surface area (Å²) in [5.74, 6) is 3.42. The zero-order chi connectivity index (χ0) is 14.8. The number of halogens is 1. The van der Waals surface area contributed by atoms with Gasteiger partial charge in [0, 0.05) is 0 Å². The van der Waals surface area contributed by atoms with Crippen molar-refractivity contribution in [2.75, 3.05) is 6.61 Å². The minimum absolute atomic E-state index is 0.342. The van der Waals surface area contributed by atoms with Crippen LogP contribution in [0.1, 0.15) is 57.1 Å². The lowest BCUT2D eigenvalue weighted by atomic mass is 9.83. The molecule has 0 saturated heterocycles. The van der Waals surface area contributed by atoms with E-state index in [2.05, 4.69) is 22.9 Å². The summed E-state index contributed by atoms with van der Waals surface area (Å²) >= 11 is 3.55. The van der Waals surface area contributed by atoms with Crippen LogP contribution in [0.3, 0.4) is 0 Å². The van der Waals surface area contributed by atoms with Crippen LogP contribution >= 0.6 is 15.9 Å². The van der Waals surface area contributed by atoms with Crippen LogP contribution in [0, 0.1) is 17.8 Å². The van der Waals surface area contributed by atoms with Crippen molar-refractivity contribution in [2.24, 2.45) is 17.8 Å². The highest BCUT2D eigenvalue weighted by Gasteiger charge is 2.40. The van der Waals surface area contributed by atoms with Gasteiger partial charge in [0.05, 0.1) is 17.2 Å². The maximum Gasteiger partial charge on any atom is 0.133 e. The first kappa shape index (κ1) is 15.4. The molecule has 0 amide bonds. The number of benzene rings is 1. The lowest BCUT2D eigenvalue weighted by Crippen LogP contribution is -2.14. The Kier molecular flexibility index (Phi) is 4.90. The van der Waals surface area contributed by atoms with E-state index in [0.717, 1.165) is 53.0 Å². The van der Waals surface area contributed by atoms with Crippen molar-refractivity contribution < 1.29 is 9.84 Å². The van der Waals surface area contributed by atoms with Crippen LogP contribution in [0.2, 0.25) is 0 Å². The maximum absolute atomic E-state index is 10.5. The smallest absolute Gasteiger partial charge is 0.133 e. The second kappa shape index (κ2) is 6.70.